The maximum Gasteiger partial charge on any atom is 0.161 e. The van der Waals surface area contributed by atoms with Gasteiger partial charge in [-0.15, -0.1) is 0 Å². The second kappa shape index (κ2) is 12.4. The fourth-order valence-corrected chi connectivity index (χ4v) is 8.63. The Morgan fingerprint density at radius 2 is 0.818 bits per heavy atom. The van der Waals surface area contributed by atoms with E-state index in [2.05, 4.69) is 204 Å². The molecule has 3 aromatic heterocycles. The molecule has 0 unspecified atom stereocenters. The van der Waals surface area contributed by atoms with Crippen LogP contribution in [0.15, 0.2) is 188 Å². The second-order valence-corrected chi connectivity index (χ2v) is 14.3. The average molecular weight is 703 g/mol. The summed E-state index contributed by atoms with van der Waals surface area (Å²) in [6.07, 6.45) is 0. The number of para-hydroxylation sites is 6. The number of hydrogen-bond acceptors (Lipinski definition) is 2. The molecule has 0 saturated heterocycles. The standard InChI is InChI=1S/C51H34N4/c1-33-30-34-16-8-9-21-37(34)44(31-33)51-52-45(42-26-14-24-40-38-22-10-12-28-47(38)54(49(40)42)35-17-4-2-5-18-35)32-46(53-51)43-27-15-25-41-39-23-11-13-29-48(39)55(50(41)43)36-19-6-3-7-20-36/h2-32H,1H3. The van der Waals surface area contributed by atoms with E-state index < -0.39 is 0 Å². The molecule has 0 aliphatic carbocycles. The monoisotopic (exact) mass is 702 g/mol. The molecule has 11 aromatic rings. The zero-order valence-electron chi connectivity index (χ0n) is 30.2. The van der Waals surface area contributed by atoms with Crippen LogP contribution in [0.25, 0.3) is 99.7 Å². The van der Waals surface area contributed by atoms with Crippen LogP contribution in [0.5, 0.6) is 0 Å². The van der Waals surface area contributed by atoms with E-state index in [0.29, 0.717) is 5.82 Å². The fraction of sp³-hybridized carbons (Fsp3) is 0.0196. The maximum absolute atomic E-state index is 5.52. The molecule has 55 heavy (non-hydrogen) atoms. The Labute approximate surface area is 318 Å². The molecule has 258 valence electrons. The quantitative estimate of drug-likeness (QED) is 0.179. The first kappa shape index (κ1) is 31.2. The highest BCUT2D eigenvalue weighted by Crippen LogP contribution is 2.42. The Morgan fingerprint density at radius 1 is 0.364 bits per heavy atom. The van der Waals surface area contributed by atoms with Crippen LogP contribution in [0.2, 0.25) is 0 Å². The zero-order chi connectivity index (χ0) is 36.5. The third-order valence-corrected chi connectivity index (χ3v) is 10.9. The van der Waals surface area contributed by atoms with Gasteiger partial charge in [-0.25, -0.2) is 9.97 Å². The lowest BCUT2D eigenvalue weighted by atomic mass is 9.99. The number of rotatable bonds is 5. The number of aryl methyl sites for hydroxylation is 1. The smallest absolute Gasteiger partial charge is 0.161 e. The third-order valence-electron chi connectivity index (χ3n) is 10.9. The minimum atomic E-state index is 0.700. The van der Waals surface area contributed by atoms with Crippen molar-refractivity contribution in [3.8, 4) is 45.3 Å². The van der Waals surface area contributed by atoms with Crippen LogP contribution < -0.4 is 0 Å². The van der Waals surface area contributed by atoms with Crippen molar-refractivity contribution in [3.05, 3.63) is 194 Å². The van der Waals surface area contributed by atoms with Gasteiger partial charge in [-0.1, -0.05) is 140 Å². The minimum Gasteiger partial charge on any atom is -0.309 e. The van der Waals surface area contributed by atoms with Gasteiger partial charge in [0.25, 0.3) is 0 Å². The van der Waals surface area contributed by atoms with Crippen molar-refractivity contribution in [2.45, 2.75) is 6.92 Å². The van der Waals surface area contributed by atoms with Gasteiger partial charge in [0, 0.05) is 49.6 Å². The first-order valence-corrected chi connectivity index (χ1v) is 18.8. The lowest BCUT2D eigenvalue weighted by Crippen LogP contribution is -2.01. The largest absolute Gasteiger partial charge is 0.309 e. The number of nitrogens with zero attached hydrogens (tertiary/aromatic N) is 4. The SMILES string of the molecule is Cc1cc(-c2nc(-c3cccc4c5ccccc5n(-c5ccccc5)c34)cc(-c3cccc4c5ccccc5n(-c5ccccc5)c34)n2)c2ccccc2c1. The average Bonchev–Trinajstić information content (AvgIpc) is 3.77. The fourth-order valence-electron chi connectivity index (χ4n) is 8.63. The van der Waals surface area contributed by atoms with Gasteiger partial charge in [0.1, 0.15) is 0 Å². The van der Waals surface area contributed by atoms with E-state index in [4.69, 9.17) is 9.97 Å². The summed E-state index contributed by atoms with van der Waals surface area (Å²) in [5.74, 6) is 0.700. The van der Waals surface area contributed by atoms with Crippen LogP contribution in [0.1, 0.15) is 5.56 Å². The van der Waals surface area contributed by atoms with Crippen LogP contribution in [-0.2, 0) is 0 Å². The summed E-state index contributed by atoms with van der Waals surface area (Å²) < 4.78 is 4.77. The molecule has 0 aliphatic heterocycles. The van der Waals surface area contributed by atoms with Crippen molar-refractivity contribution < 1.29 is 0 Å². The Morgan fingerprint density at radius 3 is 1.36 bits per heavy atom. The van der Waals surface area contributed by atoms with Gasteiger partial charge in [0.05, 0.1) is 33.5 Å². The van der Waals surface area contributed by atoms with E-state index >= 15 is 0 Å². The molecular formula is C51H34N4. The molecule has 0 aliphatic rings. The van der Waals surface area contributed by atoms with Crippen molar-refractivity contribution in [1.82, 2.24) is 19.1 Å². The van der Waals surface area contributed by atoms with E-state index in [1.165, 1.54) is 32.5 Å². The van der Waals surface area contributed by atoms with Crippen molar-refractivity contribution in [2.75, 3.05) is 0 Å². The summed E-state index contributed by atoms with van der Waals surface area (Å²) in [7, 11) is 0. The summed E-state index contributed by atoms with van der Waals surface area (Å²) in [6, 6.07) is 67.1. The second-order valence-electron chi connectivity index (χ2n) is 14.3. The number of fused-ring (bicyclic) bond motifs is 7. The van der Waals surface area contributed by atoms with Crippen molar-refractivity contribution in [1.29, 1.82) is 0 Å². The Kier molecular flexibility index (Phi) is 7.04. The Bertz CT molecular complexity index is 3090. The predicted molar refractivity (Wildman–Crippen MR) is 229 cm³/mol. The highest BCUT2D eigenvalue weighted by molar-refractivity contribution is 6.15. The maximum atomic E-state index is 5.52. The molecule has 0 radical (unpaired) electrons. The first-order valence-electron chi connectivity index (χ1n) is 18.8. The van der Waals surface area contributed by atoms with Gasteiger partial charge in [0.15, 0.2) is 5.82 Å². The Hall–Kier alpha value is -7.30. The Balaban J connectivity index is 1.28. The predicted octanol–water partition coefficient (Wildman–Crippen LogP) is 13.1. The van der Waals surface area contributed by atoms with Crippen LogP contribution in [0.3, 0.4) is 0 Å². The van der Waals surface area contributed by atoms with E-state index in [-0.39, 0.29) is 0 Å². The van der Waals surface area contributed by atoms with Gasteiger partial charge >= 0.3 is 0 Å². The summed E-state index contributed by atoms with van der Waals surface area (Å²) >= 11 is 0. The molecule has 0 saturated carbocycles. The number of benzene rings is 8. The van der Waals surface area contributed by atoms with Crippen molar-refractivity contribution in [2.24, 2.45) is 0 Å². The zero-order valence-corrected chi connectivity index (χ0v) is 30.2. The molecule has 0 N–H and O–H groups in total. The molecule has 0 fully saturated rings. The van der Waals surface area contributed by atoms with Crippen molar-refractivity contribution >= 4 is 54.4 Å². The van der Waals surface area contributed by atoms with E-state index in [1.54, 1.807) is 0 Å². The summed E-state index contributed by atoms with van der Waals surface area (Å²) in [6.45, 7) is 2.15. The molecule has 3 heterocycles. The molecule has 4 heteroatoms. The van der Waals surface area contributed by atoms with Gasteiger partial charge in [-0.3, -0.25) is 0 Å². The third kappa shape index (κ3) is 4.92. The van der Waals surface area contributed by atoms with E-state index in [9.17, 15) is 0 Å². The molecule has 4 nitrogen and oxygen atoms in total. The molecule has 0 spiro atoms. The van der Waals surface area contributed by atoms with Crippen molar-refractivity contribution in [3.63, 3.8) is 0 Å². The summed E-state index contributed by atoms with van der Waals surface area (Å²) in [5.41, 5.74) is 12.8. The number of aromatic nitrogens is 4. The molecule has 0 bridgehead atoms. The first-order chi connectivity index (χ1) is 27.2. The molecule has 11 rings (SSSR count). The molecule has 0 atom stereocenters. The van der Waals surface area contributed by atoms with Gasteiger partial charge in [-0.2, -0.15) is 0 Å². The topological polar surface area (TPSA) is 35.6 Å². The molecule has 0 amide bonds. The van der Waals surface area contributed by atoms with Gasteiger partial charge in [-0.05, 0) is 71.8 Å². The van der Waals surface area contributed by atoms with Crippen LogP contribution in [-0.4, -0.2) is 19.1 Å². The minimum absolute atomic E-state index is 0.700. The van der Waals surface area contributed by atoms with E-state index in [0.717, 1.165) is 66.9 Å². The van der Waals surface area contributed by atoms with Crippen LogP contribution >= 0.6 is 0 Å². The highest BCUT2D eigenvalue weighted by Gasteiger charge is 2.22. The summed E-state index contributed by atoms with van der Waals surface area (Å²) in [5, 5.41) is 7.09. The van der Waals surface area contributed by atoms with Crippen LogP contribution in [0, 0.1) is 6.92 Å². The number of hydrogen-bond donors (Lipinski definition) is 0. The molecule has 8 aromatic carbocycles. The van der Waals surface area contributed by atoms with Crippen LogP contribution in [0.4, 0.5) is 0 Å². The summed E-state index contributed by atoms with van der Waals surface area (Å²) in [4.78, 5) is 11.0. The lowest BCUT2D eigenvalue weighted by Gasteiger charge is -2.16. The lowest BCUT2D eigenvalue weighted by molar-refractivity contribution is 1.16. The van der Waals surface area contributed by atoms with E-state index in [1.807, 2.05) is 0 Å². The normalized spacial score (nSPS) is 11.7. The molecular weight excluding hydrogens is 669 g/mol. The van der Waals surface area contributed by atoms with Gasteiger partial charge in [0.2, 0.25) is 0 Å². The highest BCUT2D eigenvalue weighted by atomic mass is 15.0. The van der Waals surface area contributed by atoms with Gasteiger partial charge < -0.3 is 9.13 Å².